The quantitative estimate of drug-likeness (QED) is 0.149. The molecule has 41 heavy (non-hydrogen) atoms. The van der Waals surface area contributed by atoms with Gasteiger partial charge in [-0.1, -0.05) is 32.9 Å². The van der Waals surface area contributed by atoms with Gasteiger partial charge in [0.15, 0.2) is 0 Å². The maximum Gasteiger partial charge on any atom is 0.418 e. The van der Waals surface area contributed by atoms with Crippen LogP contribution in [0.4, 0.5) is 17.6 Å². The van der Waals surface area contributed by atoms with Gasteiger partial charge in [0.2, 0.25) is 8.32 Å². The van der Waals surface area contributed by atoms with E-state index < -0.39 is 31.9 Å². The van der Waals surface area contributed by atoms with Crippen molar-refractivity contribution in [3.8, 4) is 28.4 Å². The SMILES string of the molecule is CC(c1c(C(F)(F)F)c2ccccn2c1-c1ccccn1)n1ccc(-c2cc(F)cc(O[Si](C)(C)C(C)(C)C)c2)n1. The fourth-order valence-electron chi connectivity index (χ4n) is 4.75. The van der Waals surface area contributed by atoms with E-state index >= 15 is 0 Å². The van der Waals surface area contributed by atoms with Gasteiger partial charge in [0, 0.05) is 35.8 Å². The summed E-state index contributed by atoms with van der Waals surface area (Å²) in [4.78, 5) is 4.38. The van der Waals surface area contributed by atoms with Crippen molar-refractivity contribution in [3.05, 3.63) is 96.2 Å². The summed E-state index contributed by atoms with van der Waals surface area (Å²) in [6, 6.07) is 15.2. The van der Waals surface area contributed by atoms with E-state index in [4.69, 9.17) is 4.43 Å². The highest BCUT2D eigenvalue weighted by atomic mass is 28.4. The Hall–Kier alpha value is -3.92. The number of benzene rings is 1. The molecule has 0 saturated heterocycles. The highest BCUT2D eigenvalue weighted by molar-refractivity contribution is 6.74. The molecular formula is C31H32F4N4OSi. The Morgan fingerprint density at radius 1 is 0.902 bits per heavy atom. The van der Waals surface area contributed by atoms with Gasteiger partial charge in [-0.2, -0.15) is 18.3 Å². The van der Waals surface area contributed by atoms with Crippen molar-refractivity contribution in [1.82, 2.24) is 19.2 Å². The van der Waals surface area contributed by atoms with Gasteiger partial charge in [-0.05, 0) is 67.5 Å². The van der Waals surface area contributed by atoms with E-state index in [1.54, 1.807) is 68.0 Å². The second-order valence-electron chi connectivity index (χ2n) is 11.7. The van der Waals surface area contributed by atoms with Gasteiger partial charge in [0.1, 0.15) is 11.6 Å². The number of fused-ring (bicyclic) bond motifs is 1. The summed E-state index contributed by atoms with van der Waals surface area (Å²) >= 11 is 0. The van der Waals surface area contributed by atoms with Gasteiger partial charge in [-0.15, -0.1) is 0 Å². The molecule has 0 spiro atoms. The molecule has 4 heterocycles. The Morgan fingerprint density at radius 2 is 1.63 bits per heavy atom. The third-order valence-electron chi connectivity index (χ3n) is 7.84. The molecule has 0 saturated carbocycles. The first-order valence-corrected chi connectivity index (χ1v) is 16.2. The highest BCUT2D eigenvalue weighted by Gasteiger charge is 2.41. The number of pyridine rings is 2. The van der Waals surface area contributed by atoms with Crippen LogP contribution < -0.4 is 4.43 Å². The number of nitrogens with zero attached hydrogens (tertiary/aromatic N) is 4. The van der Waals surface area contributed by atoms with E-state index in [0.29, 0.717) is 28.4 Å². The van der Waals surface area contributed by atoms with Gasteiger partial charge in [-0.25, -0.2) is 4.39 Å². The molecule has 0 aliphatic carbocycles. The Balaban J connectivity index is 1.61. The van der Waals surface area contributed by atoms with Crippen molar-refractivity contribution in [1.29, 1.82) is 0 Å². The summed E-state index contributed by atoms with van der Waals surface area (Å²) in [5.41, 5.74) is 1.01. The second kappa shape index (κ2) is 10.2. The van der Waals surface area contributed by atoms with Gasteiger partial charge in [-0.3, -0.25) is 9.67 Å². The fraction of sp³-hybridized carbons (Fsp3) is 0.290. The minimum absolute atomic E-state index is 0.0347. The topological polar surface area (TPSA) is 44.4 Å². The number of hydrogen-bond acceptors (Lipinski definition) is 3. The number of alkyl halides is 3. The van der Waals surface area contributed by atoms with Gasteiger partial charge < -0.3 is 8.83 Å². The monoisotopic (exact) mass is 580 g/mol. The lowest BCUT2D eigenvalue weighted by Crippen LogP contribution is -2.43. The predicted octanol–water partition coefficient (Wildman–Crippen LogP) is 9.02. The van der Waals surface area contributed by atoms with Crippen LogP contribution in [0.5, 0.6) is 5.75 Å². The maximum absolute atomic E-state index is 14.7. The molecule has 4 aromatic heterocycles. The Kier molecular flexibility index (Phi) is 7.09. The number of hydrogen-bond donors (Lipinski definition) is 0. The molecule has 5 nitrogen and oxygen atoms in total. The summed E-state index contributed by atoms with van der Waals surface area (Å²) in [7, 11) is -2.24. The van der Waals surface area contributed by atoms with Crippen LogP contribution in [0.1, 0.15) is 44.9 Å². The number of aromatic nitrogens is 4. The van der Waals surface area contributed by atoms with Crippen molar-refractivity contribution in [2.45, 2.75) is 58.0 Å². The van der Waals surface area contributed by atoms with Crippen LogP contribution in [0, 0.1) is 5.82 Å². The van der Waals surface area contributed by atoms with Crippen LogP contribution in [0.15, 0.2) is 79.3 Å². The molecule has 214 valence electrons. The molecule has 0 amide bonds. The summed E-state index contributed by atoms with van der Waals surface area (Å²) in [5.74, 6) is -0.0704. The van der Waals surface area contributed by atoms with E-state index in [2.05, 4.69) is 43.9 Å². The second-order valence-corrected chi connectivity index (χ2v) is 16.4. The molecule has 5 aromatic rings. The molecule has 1 atom stereocenters. The molecular weight excluding hydrogens is 548 g/mol. The fourth-order valence-corrected chi connectivity index (χ4v) is 5.77. The zero-order chi connectivity index (χ0) is 29.7. The van der Waals surface area contributed by atoms with Crippen molar-refractivity contribution in [3.63, 3.8) is 0 Å². The highest BCUT2D eigenvalue weighted by Crippen LogP contribution is 2.45. The van der Waals surface area contributed by atoms with Gasteiger partial charge >= 0.3 is 6.18 Å². The molecule has 1 aromatic carbocycles. The molecule has 0 N–H and O–H groups in total. The predicted molar refractivity (Wildman–Crippen MR) is 155 cm³/mol. The molecule has 5 rings (SSSR count). The largest absolute Gasteiger partial charge is 0.543 e. The maximum atomic E-state index is 14.7. The van der Waals surface area contributed by atoms with Gasteiger partial charge in [0.25, 0.3) is 0 Å². The first kappa shape index (κ1) is 28.6. The lowest BCUT2D eigenvalue weighted by atomic mass is 10.0. The smallest absolute Gasteiger partial charge is 0.418 e. The van der Waals surface area contributed by atoms with Crippen molar-refractivity contribution in [2.24, 2.45) is 0 Å². The standard InChI is InChI=1S/C31H32F4N4OSi/c1-20(27-28(31(33,34)35)26-12-8-10-15-38(26)29(27)25-11-7-9-14-36-25)39-16-13-24(37-39)21-17-22(32)19-23(18-21)40-41(5,6)30(2,3)4/h7-20H,1-6H3. The number of rotatable bonds is 6. The van der Waals surface area contributed by atoms with Crippen LogP contribution in [-0.2, 0) is 6.18 Å². The molecule has 0 aliphatic rings. The number of halogens is 4. The van der Waals surface area contributed by atoms with Crippen LogP contribution in [0.25, 0.3) is 28.2 Å². The summed E-state index contributed by atoms with van der Waals surface area (Å²) in [5, 5.41) is 4.54. The molecule has 1 unspecified atom stereocenters. The zero-order valence-electron chi connectivity index (χ0n) is 23.8. The van der Waals surface area contributed by atoms with E-state index in [1.165, 1.54) is 27.3 Å². The molecule has 0 aliphatic heterocycles. The first-order valence-electron chi connectivity index (χ1n) is 13.3. The van der Waals surface area contributed by atoms with E-state index in [1.807, 2.05) is 0 Å². The van der Waals surface area contributed by atoms with Crippen molar-refractivity contribution < 1.29 is 22.0 Å². The normalized spacial score (nSPS) is 13.5. The Bertz CT molecular complexity index is 1700. The van der Waals surface area contributed by atoms with Crippen LogP contribution in [0.2, 0.25) is 18.1 Å². The van der Waals surface area contributed by atoms with Crippen LogP contribution >= 0.6 is 0 Å². The average Bonchev–Trinajstić information content (AvgIpc) is 3.51. The summed E-state index contributed by atoms with van der Waals surface area (Å²) in [6.45, 7) is 12.1. The van der Waals surface area contributed by atoms with Crippen LogP contribution in [-0.4, -0.2) is 27.5 Å². The van der Waals surface area contributed by atoms with Gasteiger partial charge in [0.05, 0.1) is 34.2 Å². The average molecular weight is 581 g/mol. The summed E-state index contributed by atoms with van der Waals surface area (Å²) in [6.07, 6.45) is 0.149. The zero-order valence-corrected chi connectivity index (χ0v) is 24.8. The van der Waals surface area contributed by atoms with E-state index in [-0.39, 0.29) is 16.1 Å². The van der Waals surface area contributed by atoms with Crippen molar-refractivity contribution >= 4 is 13.8 Å². The Morgan fingerprint density at radius 3 is 2.29 bits per heavy atom. The van der Waals surface area contributed by atoms with Crippen LogP contribution in [0.3, 0.4) is 0 Å². The molecule has 0 radical (unpaired) electrons. The molecule has 0 bridgehead atoms. The lowest BCUT2D eigenvalue weighted by molar-refractivity contribution is -0.137. The third kappa shape index (κ3) is 5.40. The van der Waals surface area contributed by atoms with E-state index in [9.17, 15) is 17.6 Å². The Labute approximate surface area is 237 Å². The summed E-state index contributed by atoms with van der Waals surface area (Å²) < 4.78 is 68.0. The van der Waals surface area contributed by atoms with E-state index in [0.717, 1.165) is 0 Å². The minimum Gasteiger partial charge on any atom is -0.543 e. The van der Waals surface area contributed by atoms with Crippen molar-refractivity contribution in [2.75, 3.05) is 0 Å². The molecule has 10 heteroatoms. The first-order chi connectivity index (χ1) is 19.2. The lowest BCUT2D eigenvalue weighted by Gasteiger charge is -2.36. The third-order valence-corrected chi connectivity index (χ3v) is 12.2. The molecule has 0 fully saturated rings. The minimum atomic E-state index is -4.63.